The van der Waals surface area contributed by atoms with Crippen LogP contribution in [0.25, 0.3) is 11.6 Å². The van der Waals surface area contributed by atoms with E-state index in [1.165, 1.54) is 5.56 Å². The van der Waals surface area contributed by atoms with Crippen molar-refractivity contribution in [1.29, 1.82) is 0 Å². The molecular formula is C30H28FeN4O. The van der Waals surface area contributed by atoms with Crippen molar-refractivity contribution in [1.82, 2.24) is 15.0 Å². The van der Waals surface area contributed by atoms with Gasteiger partial charge in [0.2, 0.25) is 0 Å². The number of benzene rings is 2. The minimum atomic E-state index is -0.404. The number of β-lactam (4-membered cyclic amide) rings is 1. The number of nitrogens with zero attached hydrogens (tertiary/aromatic N) is 4. The largest absolute Gasteiger partial charge is 0.301 e. The van der Waals surface area contributed by atoms with Crippen molar-refractivity contribution in [3.63, 3.8) is 0 Å². The molecule has 0 saturated carbocycles. The van der Waals surface area contributed by atoms with Gasteiger partial charge >= 0.3 is 0 Å². The summed E-state index contributed by atoms with van der Waals surface area (Å²) in [6, 6.07) is 17.6. The van der Waals surface area contributed by atoms with Crippen LogP contribution in [0.3, 0.4) is 0 Å². The summed E-state index contributed by atoms with van der Waals surface area (Å²) in [4.78, 5) is 15.0. The molecule has 1 saturated heterocycles. The zero-order valence-electron chi connectivity index (χ0n) is 20.1. The average Bonchev–Trinajstić information content (AvgIpc) is 3.68. The van der Waals surface area contributed by atoms with E-state index in [0.717, 1.165) is 35.4 Å². The number of rotatable bonds is 5. The molecule has 0 spiro atoms. The zero-order chi connectivity index (χ0) is 24.0. The van der Waals surface area contributed by atoms with Crippen LogP contribution in [0.15, 0.2) is 109 Å². The predicted octanol–water partition coefficient (Wildman–Crippen LogP) is 6.10. The van der Waals surface area contributed by atoms with Crippen molar-refractivity contribution in [3.8, 4) is 0 Å². The molecule has 6 heteroatoms. The first kappa shape index (κ1) is 25.4. The summed E-state index contributed by atoms with van der Waals surface area (Å²) >= 11 is 0. The number of anilines is 1. The molecule has 1 aliphatic heterocycles. The second-order valence-electron chi connectivity index (χ2n) is 8.72. The van der Waals surface area contributed by atoms with Crippen LogP contribution in [0, 0.1) is 6.92 Å². The Hall–Kier alpha value is -3.73. The Bertz CT molecular complexity index is 1320. The molecule has 0 bridgehead atoms. The molecule has 1 amide bonds. The van der Waals surface area contributed by atoms with Crippen molar-refractivity contribution in [2.45, 2.75) is 31.8 Å². The van der Waals surface area contributed by atoms with Crippen molar-refractivity contribution in [2.75, 3.05) is 4.90 Å². The average molecular weight is 516 g/mol. The van der Waals surface area contributed by atoms with Gasteiger partial charge < -0.3 is 4.90 Å². The number of hydrogen-bond donors (Lipinski definition) is 0. The van der Waals surface area contributed by atoms with Crippen LogP contribution in [-0.2, 0) is 21.9 Å². The van der Waals surface area contributed by atoms with E-state index in [9.17, 15) is 4.79 Å². The van der Waals surface area contributed by atoms with Gasteiger partial charge in [-0.15, -0.1) is 5.10 Å². The maximum absolute atomic E-state index is 13.2. The Labute approximate surface area is 222 Å². The number of carbonyl (C=O) groups excluding carboxylic acids is 1. The zero-order valence-corrected chi connectivity index (χ0v) is 21.2. The summed E-state index contributed by atoms with van der Waals surface area (Å²) in [6.45, 7) is 2.04. The topological polar surface area (TPSA) is 51.0 Å². The van der Waals surface area contributed by atoms with Crippen LogP contribution >= 0.6 is 0 Å². The van der Waals surface area contributed by atoms with Crippen LogP contribution in [0.2, 0.25) is 0 Å². The smallest absolute Gasteiger partial charge is 0.255 e. The van der Waals surface area contributed by atoms with E-state index in [0.29, 0.717) is 0 Å². The minimum Gasteiger partial charge on any atom is -0.301 e. The molecule has 5 nitrogen and oxygen atoms in total. The molecule has 182 valence electrons. The molecule has 0 N–H and O–H groups in total. The van der Waals surface area contributed by atoms with E-state index in [4.69, 9.17) is 0 Å². The molecule has 1 aromatic heterocycles. The summed E-state index contributed by atoms with van der Waals surface area (Å²) in [5, 5.41) is 8.59. The Morgan fingerprint density at radius 2 is 1.69 bits per heavy atom. The quantitative estimate of drug-likeness (QED) is 0.304. The van der Waals surface area contributed by atoms with Crippen LogP contribution < -0.4 is 4.90 Å². The second-order valence-corrected chi connectivity index (χ2v) is 8.72. The van der Waals surface area contributed by atoms with Gasteiger partial charge in [0.15, 0.2) is 6.04 Å². The number of carbonyl (C=O) groups is 1. The first-order valence-electron chi connectivity index (χ1n) is 11.9. The molecule has 0 radical (unpaired) electrons. The van der Waals surface area contributed by atoms with E-state index in [1.54, 1.807) is 4.68 Å². The number of amides is 1. The van der Waals surface area contributed by atoms with Crippen molar-refractivity contribution in [2.24, 2.45) is 0 Å². The monoisotopic (exact) mass is 516 g/mol. The van der Waals surface area contributed by atoms with Gasteiger partial charge in [0, 0.05) is 22.8 Å². The van der Waals surface area contributed by atoms with Gasteiger partial charge in [-0.05, 0) is 43.0 Å². The van der Waals surface area contributed by atoms with Gasteiger partial charge in [-0.1, -0.05) is 108 Å². The third-order valence-electron chi connectivity index (χ3n) is 6.23. The normalized spacial score (nSPS) is 19.6. The summed E-state index contributed by atoms with van der Waals surface area (Å²) in [7, 11) is 0. The Morgan fingerprint density at radius 1 is 0.944 bits per heavy atom. The summed E-state index contributed by atoms with van der Waals surface area (Å²) in [6.07, 6.45) is 22.7. The van der Waals surface area contributed by atoms with Gasteiger partial charge in [-0.25, -0.2) is 4.68 Å². The number of allylic oxidation sites excluding steroid dienone is 8. The van der Waals surface area contributed by atoms with Crippen LogP contribution in [-0.4, -0.2) is 26.9 Å². The molecule has 2 heterocycles. The Kier molecular flexibility index (Phi) is 8.32. The third-order valence-corrected chi connectivity index (χ3v) is 6.23. The third kappa shape index (κ3) is 5.56. The first-order valence-corrected chi connectivity index (χ1v) is 11.9. The molecule has 2 aromatic carbocycles. The molecule has 1 unspecified atom stereocenters. The maximum Gasteiger partial charge on any atom is 0.255 e. The molecule has 6 rings (SSSR count). The van der Waals surface area contributed by atoms with E-state index in [1.807, 2.05) is 66.6 Å². The van der Waals surface area contributed by atoms with E-state index in [-0.39, 0.29) is 29.0 Å². The van der Waals surface area contributed by atoms with E-state index < -0.39 is 6.04 Å². The number of hydrogen-bond acceptors (Lipinski definition) is 3. The van der Waals surface area contributed by atoms with Crippen molar-refractivity contribution in [3.05, 3.63) is 126 Å². The molecule has 36 heavy (non-hydrogen) atoms. The summed E-state index contributed by atoms with van der Waals surface area (Å²) in [5.74, 6) is 0.0222. The molecule has 2 aliphatic carbocycles. The number of aromatic nitrogens is 3. The molecular weight excluding hydrogens is 488 g/mol. The van der Waals surface area contributed by atoms with Gasteiger partial charge in [0.1, 0.15) is 5.69 Å². The van der Waals surface area contributed by atoms with E-state index in [2.05, 4.69) is 71.1 Å². The van der Waals surface area contributed by atoms with Gasteiger partial charge in [0.05, 0.1) is 12.2 Å². The van der Waals surface area contributed by atoms with E-state index >= 15 is 0 Å². The SMILES string of the molecule is C1=CCC=C1.Cc1ccc(N2C(=O)C(n3cc(C4=CCC=C4)nn3)[C@H]2/C=C/c2ccccc2)cc1.[Fe]. The standard InChI is InChI=1S/C25H22N4O.C5H6.Fe/c1-18-11-14-21(15-12-18)29-23(16-13-19-7-3-2-4-8-19)24(25(29)30)28-17-22(26-27-28)20-9-5-6-10-20;1-2-4-5-3-1;/h2-5,7-17,23-24H,6H2,1H3;1-4H,5H2;/b16-13+;;/t23-,24?;;/m1../s1. The first-order chi connectivity index (χ1) is 17.2. The Balaban J connectivity index is 0.000000455. The predicted molar refractivity (Wildman–Crippen MR) is 142 cm³/mol. The molecule has 3 aliphatic rings. The summed E-state index contributed by atoms with van der Waals surface area (Å²) < 4.78 is 1.70. The van der Waals surface area contributed by atoms with Crippen LogP contribution in [0.5, 0.6) is 0 Å². The molecule has 2 atom stereocenters. The number of aryl methyl sites for hydroxylation is 1. The fraction of sp³-hybridized carbons (Fsp3) is 0.167. The summed E-state index contributed by atoms with van der Waals surface area (Å²) in [5.41, 5.74) is 5.01. The minimum absolute atomic E-state index is 0. The van der Waals surface area contributed by atoms with Crippen LogP contribution in [0.1, 0.15) is 35.7 Å². The fourth-order valence-electron chi connectivity index (χ4n) is 4.32. The van der Waals surface area contributed by atoms with Gasteiger partial charge in [-0.3, -0.25) is 4.79 Å². The van der Waals surface area contributed by atoms with Crippen molar-refractivity contribution >= 4 is 23.2 Å². The van der Waals surface area contributed by atoms with Gasteiger partial charge in [-0.2, -0.15) is 0 Å². The second kappa shape index (κ2) is 11.8. The maximum atomic E-state index is 13.2. The Morgan fingerprint density at radius 3 is 2.33 bits per heavy atom. The molecule has 3 aromatic rings. The van der Waals surface area contributed by atoms with Crippen molar-refractivity contribution < 1.29 is 21.9 Å². The van der Waals surface area contributed by atoms with Gasteiger partial charge in [0.25, 0.3) is 5.91 Å². The molecule has 1 fully saturated rings. The fourth-order valence-corrected chi connectivity index (χ4v) is 4.32. The van der Waals surface area contributed by atoms with Crippen LogP contribution in [0.4, 0.5) is 5.69 Å².